The molecule has 1 saturated heterocycles. The minimum absolute atomic E-state index is 0.0275. The molecule has 0 saturated carbocycles. The van der Waals surface area contributed by atoms with Gasteiger partial charge in [0.15, 0.2) is 6.10 Å². The third-order valence-corrected chi connectivity index (χ3v) is 8.96. The predicted molar refractivity (Wildman–Crippen MR) is 198 cm³/mol. The van der Waals surface area contributed by atoms with Crippen molar-refractivity contribution in [2.24, 2.45) is 0 Å². The average Bonchev–Trinajstić information content (AvgIpc) is 3.58. The third-order valence-electron chi connectivity index (χ3n) is 8.46. The van der Waals surface area contributed by atoms with Crippen LogP contribution in [0.3, 0.4) is 0 Å². The van der Waals surface area contributed by atoms with Gasteiger partial charge in [-0.2, -0.15) is 4.37 Å². The van der Waals surface area contributed by atoms with Crippen LogP contribution >= 0.6 is 11.7 Å². The summed E-state index contributed by atoms with van der Waals surface area (Å²) in [4.78, 5) is 40.6. The molecule has 1 aliphatic carbocycles. The maximum absolute atomic E-state index is 13.0. The molecule has 0 spiro atoms. The number of hydrogen-bond acceptors (Lipinski definition) is 16. The first-order valence-electron chi connectivity index (χ1n) is 18.4. The number of rotatable bonds is 18. The molecule has 0 amide bonds. The molecule has 0 radical (unpaired) electrons. The van der Waals surface area contributed by atoms with Crippen molar-refractivity contribution in [3.05, 3.63) is 29.3 Å². The van der Waals surface area contributed by atoms with Crippen molar-refractivity contribution >= 4 is 35.5 Å². The molecule has 3 unspecified atom stereocenters. The highest BCUT2D eigenvalue weighted by Gasteiger charge is 2.30. The lowest BCUT2D eigenvalue weighted by molar-refractivity contribution is -0.171. The van der Waals surface area contributed by atoms with Gasteiger partial charge in [0.1, 0.15) is 37.3 Å². The summed E-state index contributed by atoms with van der Waals surface area (Å²) in [5.41, 5.74) is 1.38. The van der Waals surface area contributed by atoms with E-state index in [4.69, 9.17) is 28.4 Å². The number of aliphatic hydroxyl groups excluding tert-OH is 1. The van der Waals surface area contributed by atoms with Crippen LogP contribution in [-0.4, -0.2) is 114 Å². The SMILES string of the molecule is CC(OC(=O)CCC(=O)O[C@@H](CNC(C)(C)C)COc1nsnc1N1CCOCC1)C(=O)OC1CCCc2c(OCC(O)CNC(C)(C)C)cccc21. The Morgan fingerprint density at radius 3 is 2.34 bits per heavy atom. The molecule has 1 aliphatic heterocycles. The molecule has 296 valence electrons. The molecule has 4 rings (SSSR count). The number of benzene rings is 1. The van der Waals surface area contributed by atoms with E-state index in [1.165, 1.54) is 6.92 Å². The third kappa shape index (κ3) is 14.3. The zero-order valence-electron chi connectivity index (χ0n) is 32.1. The van der Waals surface area contributed by atoms with Crippen LogP contribution in [0.5, 0.6) is 11.6 Å². The van der Waals surface area contributed by atoms with Crippen molar-refractivity contribution in [1.29, 1.82) is 0 Å². The minimum atomic E-state index is -1.18. The molecule has 2 aliphatic rings. The summed E-state index contributed by atoms with van der Waals surface area (Å²) < 4.78 is 42.9. The Kier molecular flexibility index (Phi) is 15.6. The van der Waals surface area contributed by atoms with Gasteiger partial charge in [0.25, 0.3) is 5.88 Å². The highest BCUT2D eigenvalue weighted by Crippen LogP contribution is 2.38. The maximum atomic E-state index is 13.0. The first-order valence-corrected chi connectivity index (χ1v) is 19.1. The number of ether oxygens (including phenoxy) is 6. The predicted octanol–water partition coefficient (Wildman–Crippen LogP) is 3.51. The molecular formula is C37H57N5O10S. The number of aliphatic hydroxyl groups is 1. The van der Waals surface area contributed by atoms with Gasteiger partial charge in [0.2, 0.25) is 5.82 Å². The van der Waals surface area contributed by atoms with Gasteiger partial charge in [-0.05, 0) is 79.4 Å². The number of carbonyl (C=O) groups excluding carboxylic acids is 3. The van der Waals surface area contributed by atoms with Crippen LogP contribution in [0.2, 0.25) is 0 Å². The summed E-state index contributed by atoms with van der Waals surface area (Å²) in [7, 11) is 0. The average molecular weight is 764 g/mol. The maximum Gasteiger partial charge on any atom is 0.347 e. The fourth-order valence-electron chi connectivity index (χ4n) is 5.65. The minimum Gasteiger partial charge on any atom is -0.491 e. The van der Waals surface area contributed by atoms with E-state index in [1.54, 1.807) is 0 Å². The lowest BCUT2D eigenvalue weighted by Crippen LogP contribution is -2.44. The van der Waals surface area contributed by atoms with Gasteiger partial charge in [0, 0.05) is 42.8 Å². The molecule has 0 bridgehead atoms. The van der Waals surface area contributed by atoms with Gasteiger partial charge < -0.3 is 49.1 Å². The van der Waals surface area contributed by atoms with Crippen molar-refractivity contribution in [2.45, 2.75) is 116 Å². The Hall–Kier alpha value is -3.57. The van der Waals surface area contributed by atoms with Crippen molar-refractivity contribution in [3.8, 4) is 11.6 Å². The number of morpholine rings is 1. The fourth-order valence-corrected chi connectivity index (χ4v) is 6.17. The summed E-state index contributed by atoms with van der Waals surface area (Å²) in [6.45, 7) is 16.9. The number of anilines is 1. The molecule has 53 heavy (non-hydrogen) atoms. The van der Waals surface area contributed by atoms with Crippen LogP contribution in [0, 0.1) is 0 Å². The van der Waals surface area contributed by atoms with E-state index in [0.717, 1.165) is 35.7 Å². The molecular weight excluding hydrogens is 706 g/mol. The lowest BCUT2D eigenvalue weighted by Gasteiger charge is -2.28. The second-order valence-corrected chi connectivity index (χ2v) is 15.9. The zero-order valence-corrected chi connectivity index (χ0v) is 32.9. The van der Waals surface area contributed by atoms with Gasteiger partial charge in [-0.3, -0.25) is 9.59 Å². The van der Waals surface area contributed by atoms with Crippen molar-refractivity contribution in [3.63, 3.8) is 0 Å². The quantitative estimate of drug-likeness (QED) is 0.148. The number of nitrogens with zero attached hydrogens (tertiary/aromatic N) is 3. The zero-order chi connectivity index (χ0) is 38.6. The summed E-state index contributed by atoms with van der Waals surface area (Å²) >= 11 is 1.04. The number of hydrogen-bond donors (Lipinski definition) is 3. The Morgan fingerprint density at radius 2 is 1.64 bits per heavy atom. The number of carbonyl (C=O) groups is 3. The van der Waals surface area contributed by atoms with E-state index in [0.29, 0.717) is 63.3 Å². The Morgan fingerprint density at radius 1 is 0.962 bits per heavy atom. The van der Waals surface area contributed by atoms with E-state index >= 15 is 0 Å². The Labute approximate surface area is 316 Å². The number of esters is 3. The molecule has 1 aromatic carbocycles. The van der Waals surface area contributed by atoms with Crippen molar-refractivity contribution in [1.82, 2.24) is 19.4 Å². The van der Waals surface area contributed by atoms with Gasteiger partial charge >= 0.3 is 17.9 Å². The molecule has 1 fully saturated rings. The second-order valence-electron chi connectivity index (χ2n) is 15.4. The standard InChI is InChI=1S/C37H57N5O10S/c1-24(35(46)52-30-13-9-10-27-28(30)11-8-12-29(27)48-22-25(43)20-38-36(2,3)4)50-31(44)14-15-32(45)51-26(21-39-37(5,6)7)23-49-34-33(40-53-41-34)42-16-18-47-19-17-42/h8,11-12,24-26,30,38-39,43H,9-10,13-23H2,1-7H3/t24?,25?,26-,30?/m0/s1. The molecule has 15 nitrogen and oxygen atoms in total. The second kappa shape index (κ2) is 19.7. The van der Waals surface area contributed by atoms with Gasteiger partial charge in [-0.25, -0.2) is 4.79 Å². The Bertz CT molecular complexity index is 1490. The highest BCUT2D eigenvalue weighted by molar-refractivity contribution is 6.99. The van der Waals surface area contributed by atoms with Gasteiger partial charge in [-0.1, -0.05) is 12.1 Å². The van der Waals surface area contributed by atoms with Crippen LogP contribution in [0.1, 0.15) is 91.4 Å². The monoisotopic (exact) mass is 763 g/mol. The van der Waals surface area contributed by atoms with Crippen molar-refractivity contribution in [2.75, 3.05) is 57.5 Å². The Balaban J connectivity index is 1.24. The van der Waals surface area contributed by atoms with Gasteiger partial charge in [-0.15, -0.1) is 4.37 Å². The molecule has 2 aromatic rings. The normalized spacial score (nSPS) is 18.0. The summed E-state index contributed by atoms with van der Waals surface area (Å²) in [6.07, 6.45) is -1.50. The van der Waals surface area contributed by atoms with Crippen LogP contribution in [0.4, 0.5) is 5.82 Å². The summed E-state index contributed by atoms with van der Waals surface area (Å²) in [5, 5.41) is 17.0. The topological polar surface area (TPSA) is 180 Å². The van der Waals surface area contributed by atoms with E-state index in [-0.39, 0.29) is 37.1 Å². The number of nitrogens with one attached hydrogen (secondary N) is 2. The largest absolute Gasteiger partial charge is 0.491 e. The molecule has 3 N–H and O–H groups in total. The number of aromatic nitrogens is 2. The first-order chi connectivity index (χ1) is 25.1. The molecule has 4 atom stereocenters. The smallest absolute Gasteiger partial charge is 0.347 e. The van der Waals surface area contributed by atoms with Gasteiger partial charge in [0.05, 0.1) is 37.8 Å². The van der Waals surface area contributed by atoms with Crippen molar-refractivity contribution < 1.29 is 47.9 Å². The molecule has 1 aromatic heterocycles. The van der Waals surface area contributed by atoms with E-state index < -0.39 is 42.3 Å². The van der Waals surface area contributed by atoms with Crippen LogP contribution in [-0.2, 0) is 39.8 Å². The first kappa shape index (κ1) is 42.2. The fraction of sp³-hybridized carbons (Fsp3) is 0.703. The molecule has 16 heteroatoms. The number of β-amino-alcohol motifs (C(OH)–C–C–N with tert-alkyl or cyclic N) is 1. The summed E-state index contributed by atoms with van der Waals surface area (Å²) in [5.74, 6) is -0.387. The lowest BCUT2D eigenvalue weighted by atomic mass is 9.88. The van der Waals surface area contributed by atoms with E-state index in [2.05, 4.69) is 19.4 Å². The van der Waals surface area contributed by atoms with E-state index in [1.807, 2.05) is 64.6 Å². The van der Waals surface area contributed by atoms with E-state index in [9.17, 15) is 19.5 Å². The van der Waals surface area contributed by atoms with Crippen LogP contribution in [0.15, 0.2) is 18.2 Å². The number of fused-ring (bicyclic) bond motifs is 1. The molecule has 2 heterocycles. The van der Waals surface area contributed by atoms with Crippen LogP contribution in [0.25, 0.3) is 0 Å². The summed E-state index contributed by atoms with van der Waals surface area (Å²) in [6, 6.07) is 5.57. The highest BCUT2D eigenvalue weighted by atomic mass is 32.1. The van der Waals surface area contributed by atoms with Crippen LogP contribution < -0.4 is 25.0 Å².